The van der Waals surface area contributed by atoms with Crippen LogP contribution < -0.4 is 11.1 Å². The molecule has 5 nitrogen and oxygen atoms in total. The molecule has 0 aliphatic carbocycles. The van der Waals surface area contributed by atoms with Gasteiger partial charge in [0.1, 0.15) is 0 Å². The zero-order valence-electron chi connectivity index (χ0n) is 11.6. The van der Waals surface area contributed by atoms with Gasteiger partial charge < -0.3 is 11.1 Å². The van der Waals surface area contributed by atoms with Crippen molar-refractivity contribution in [1.82, 2.24) is 15.3 Å². The standard InChI is InChI=1S/C14H18N4OS/c1-14(2,15)13(19)17-8-6-12-18-11(9-20-12)10-5-3-4-7-16-10/h3-5,7,9H,6,8,15H2,1-2H3,(H,17,19). The van der Waals surface area contributed by atoms with E-state index in [1.165, 1.54) is 0 Å². The minimum Gasteiger partial charge on any atom is -0.354 e. The highest BCUT2D eigenvalue weighted by Gasteiger charge is 2.21. The van der Waals surface area contributed by atoms with Crippen molar-refractivity contribution in [3.05, 3.63) is 34.8 Å². The van der Waals surface area contributed by atoms with Crippen molar-refractivity contribution in [2.45, 2.75) is 25.8 Å². The summed E-state index contributed by atoms with van der Waals surface area (Å²) in [6.45, 7) is 3.91. The Morgan fingerprint density at radius 3 is 2.85 bits per heavy atom. The Morgan fingerprint density at radius 2 is 2.20 bits per heavy atom. The number of aromatic nitrogens is 2. The summed E-state index contributed by atoms with van der Waals surface area (Å²) in [5, 5.41) is 5.76. The summed E-state index contributed by atoms with van der Waals surface area (Å²) in [5.41, 5.74) is 6.59. The highest BCUT2D eigenvalue weighted by atomic mass is 32.1. The summed E-state index contributed by atoms with van der Waals surface area (Å²) in [4.78, 5) is 20.4. The minimum absolute atomic E-state index is 0.154. The van der Waals surface area contributed by atoms with E-state index < -0.39 is 5.54 Å². The summed E-state index contributed by atoms with van der Waals surface area (Å²) in [5.74, 6) is -0.154. The molecule has 0 unspecified atom stereocenters. The van der Waals surface area contributed by atoms with E-state index >= 15 is 0 Å². The zero-order chi connectivity index (χ0) is 14.6. The maximum absolute atomic E-state index is 11.6. The Balaban J connectivity index is 1.90. The molecule has 0 saturated heterocycles. The summed E-state index contributed by atoms with van der Waals surface area (Å²) in [6, 6.07) is 5.74. The third-order valence-corrected chi connectivity index (χ3v) is 3.60. The van der Waals surface area contributed by atoms with Crippen molar-refractivity contribution < 1.29 is 4.79 Å². The number of carbonyl (C=O) groups is 1. The fourth-order valence-electron chi connectivity index (χ4n) is 1.57. The van der Waals surface area contributed by atoms with Gasteiger partial charge in [0.25, 0.3) is 0 Å². The number of nitrogens with one attached hydrogen (secondary N) is 1. The molecule has 2 aromatic heterocycles. The van der Waals surface area contributed by atoms with Gasteiger partial charge in [0.15, 0.2) is 0 Å². The second-order valence-corrected chi connectivity index (χ2v) is 6.01. The molecule has 0 saturated carbocycles. The molecule has 0 aliphatic heterocycles. The Hall–Kier alpha value is -1.79. The van der Waals surface area contributed by atoms with Crippen LogP contribution in [0, 0.1) is 0 Å². The fraction of sp³-hybridized carbons (Fsp3) is 0.357. The number of nitrogens with zero attached hydrogens (tertiary/aromatic N) is 2. The predicted molar refractivity (Wildman–Crippen MR) is 80.3 cm³/mol. The van der Waals surface area contributed by atoms with Crippen LogP contribution in [-0.2, 0) is 11.2 Å². The Kier molecular flexibility index (Phi) is 4.46. The van der Waals surface area contributed by atoms with Crippen LogP contribution in [0.3, 0.4) is 0 Å². The van der Waals surface area contributed by atoms with Gasteiger partial charge in [0, 0.05) is 24.5 Å². The maximum atomic E-state index is 11.6. The molecule has 0 bridgehead atoms. The molecule has 2 aromatic rings. The Morgan fingerprint density at radius 1 is 1.40 bits per heavy atom. The quantitative estimate of drug-likeness (QED) is 0.876. The van der Waals surface area contributed by atoms with Crippen LogP contribution in [0.15, 0.2) is 29.8 Å². The fourth-order valence-corrected chi connectivity index (χ4v) is 2.36. The topological polar surface area (TPSA) is 80.9 Å². The minimum atomic E-state index is -0.845. The smallest absolute Gasteiger partial charge is 0.239 e. The van der Waals surface area contributed by atoms with Gasteiger partial charge in [-0.2, -0.15) is 0 Å². The van der Waals surface area contributed by atoms with E-state index in [0.717, 1.165) is 16.4 Å². The van der Waals surface area contributed by atoms with Crippen LogP contribution in [-0.4, -0.2) is 28.0 Å². The molecule has 1 amide bonds. The van der Waals surface area contributed by atoms with Crippen molar-refractivity contribution in [3.63, 3.8) is 0 Å². The summed E-state index contributed by atoms with van der Waals surface area (Å²) in [6.07, 6.45) is 2.44. The molecule has 0 aliphatic rings. The number of pyridine rings is 1. The van der Waals surface area contributed by atoms with Crippen molar-refractivity contribution in [2.75, 3.05) is 6.54 Å². The van der Waals surface area contributed by atoms with Crippen LogP contribution in [0.1, 0.15) is 18.9 Å². The predicted octanol–water partition coefficient (Wildman–Crippen LogP) is 1.60. The van der Waals surface area contributed by atoms with Crippen molar-refractivity contribution in [2.24, 2.45) is 5.73 Å². The van der Waals surface area contributed by atoms with Crippen molar-refractivity contribution in [3.8, 4) is 11.4 Å². The van der Waals surface area contributed by atoms with Crippen LogP contribution in [0.2, 0.25) is 0 Å². The van der Waals surface area contributed by atoms with E-state index in [1.807, 2.05) is 23.6 Å². The molecule has 0 fully saturated rings. The molecule has 106 valence electrons. The number of hydrogen-bond acceptors (Lipinski definition) is 5. The van der Waals surface area contributed by atoms with Crippen LogP contribution in [0.25, 0.3) is 11.4 Å². The molecule has 0 spiro atoms. The Bertz CT molecular complexity index is 574. The number of thiazole rings is 1. The third kappa shape index (κ3) is 3.85. The number of hydrogen-bond donors (Lipinski definition) is 2. The Labute approximate surface area is 122 Å². The van der Waals surface area contributed by atoms with E-state index in [4.69, 9.17) is 5.73 Å². The van der Waals surface area contributed by atoms with Gasteiger partial charge >= 0.3 is 0 Å². The molecule has 0 radical (unpaired) electrons. The average Bonchev–Trinajstić information content (AvgIpc) is 2.87. The summed E-state index contributed by atoms with van der Waals surface area (Å²) >= 11 is 1.57. The number of nitrogens with two attached hydrogens (primary N) is 1. The number of amides is 1. The first kappa shape index (κ1) is 14.6. The normalized spacial score (nSPS) is 11.3. The SMILES string of the molecule is CC(C)(N)C(=O)NCCc1nc(-c2ccccn2)cs1. The maximum Gasteiger partial charge on any atom is 0.239 e. The number of carbonyl (C=O) groups excluding carboxylic acids is 1. The van der Waals surface area contributed by atoms with Crippen molar-refractivity contribution >= 4 is 17.2 Å². The first-order valence-electron chi connectivity index (χ1n) is 6.40. The molecule has 0 aromatic carbocycles. The molecule has 20 heavy (non-hydrogen) atoms. The van der Waals surface area contributed by atoms with Crippen LogP contribution >= 0.6 is 11.3 Å². The van der Waals surface area contributed by atoms with Crippen LogP contribution in [0.5, 0.6) is 0 Å². The largest absolute Gasteiger partial charge is 0.354 e. The van der Waals surface area contributed by atoms with Gasteiger partial charge in [-0.1, -0.05) is 6.07 Å². The van der Waals surface area contributed by atoms with Crippen molar-refractivity contribution in [1.29, 1.82) is 0 Å². The molecule has 2 rings (SSSR count). The molecule has 0 atom stereocenters. The molecular weight excluding hydrogens is 272 g/mol. The van der Waals surface area contributed by atoms with Gasteiger partial charge in [-0.15, -0.1) is 11.3 Å². The third-order valence-electron chi connectivity index (χ3n) is 2.69. The molecule has 6 heteroatoms. The van der Waals surface area contributed by atoms with E-state index in [9.17, 15) is 4.79 Å². The van der Waals surface area contributed by atoms with E-state index in [2.05, 4.69) is 15.3 Å². The monoisotopic (exact) mass is 290 g/mol. The second-order valence-electron chi connectivity index (χ2n) is 5.07. The molecule has 3 N–H and O–H groups in total. The van der Waals surface area contributed by atoms with E-state index in [1.54, 1.807) is 31.4 Å². The first-order chi connectivity index (χ1) is 9.47. The van der Waals surface area contributed by atoms with Gasteiger partial charge in [0.2, 0.25) is 5.91 Å². The molecular formula is C14H18N4OS. The highest BCUT2D eigenvalue weighted by Crippen LogP contribution is 2.19. The van der Waals surface area contributed by atoms with E-state index in [-0.39, 0.29) is 5.91 Å². The zero-order valence-corrected chi connectivity index (χ0v) is 12.4. The lowest BCUT2D eigenvalue weighted by Crippen LogP contribution is -2.49. The number of rotatable bonds is 5. The first-order valence-corrected chi connectivity index (χ1v) is 7.28. The lowest BCUT2D eigenvalue weighted by atomic mass is 10.1. The summed E-state index contributed by atoms with van der Waals surface area (Å²) in [7, 11) is 0. The second kappa shape index (κ2) is 6.11. The lowest BCUT2D eigenvalue weighted by molar-refractivity contribution is -0.125. The van der Waals surface area contributed by atoms with Gasteiger partial charge in [-0.05, 0) is 26.0 Å². The highest BCUT2D eigenvalue weighted by molar-refractivity contribution is 7.09. The van der Waals surface area contributed by atoms with E-state index in [0.29, 0.717) is 13.0 Å². The summed E-state index contributed by atoms with van der Waals surface area (Å²) < 4.78 is 0. The van der Waals surface area contributed by atoms with Gasteiger partial charge in [0.05, 0.1) is 21.9 Å². The average molecular weight is 290 g/mol. The van der Waals surface area contributed by atoms with Gasteiger partial charge in [-0.3, -0.25) is 9.78 Å². The lowest BCUT2D eigenvalue weighted by Gasteiger charge is -2.17. The van der Waals surface area contributed by atoms with Gasteiger partial charge in [-0.25, -0.2) is 4.98 Å². The van der Waals surface area contributed by atoms with Crippen LogP contribution in [0.4, 0.5) is 0 Å². The molecule has 2 heterocycles.